The van der Waals surface area contributed by atoms with E-state index in [0.717, 1.165) is 45.6 Å². The van der Waals surface area contributed by atoms with Gasteiger partial charge in [-0.15, -0.1) is 6.42 Å². The SMILES string of the molecule is C#CSc1cc(-c2nc(C3=CCCC=C3)nc(-c3ccccc3)n2)ccc1C(=C)/C=C\C. The first-order chi connectivity index (χ1) is 15.7. The van der Waals surface area contributed by atoms with Crippen molar-refractivity contribution in [2.24, 2.45) is 0 Å². The molecule has 0 aliphatic heterocycles. The molecule has 3 aromatic rings. The van der Waals surface area contributed by atoms with Crippen LogP contribution in [-0.2, 0) is 0 Å². The molecule has 4 heteroatoms. The van der Waals surface area contributed by atoms with Crippen molar-refractivity contribution in [3.63, 3.8) is 0 Å². The number of allylic oxidation sites excluding steroid dienone is 7. The van der Waals surface area contributed by atoms with Gasteiger partial charge in [0.25, 0.3) is 0 Å². The lowest BCUT2D eigenvalue weighted by atomic mass is 10.0. The van der Waals surface area contributed by atoms with Crippen molar-refractivity contribution in [1.29, 1.82) is 0 Å². The monoisotopic (exact) mass is 433 g/mol. The molecule has 0 amide bonds. The summed E-state index contributed by atoms with van der Waals surface area (Å²) in [5, 5.41) is 2.68. The molecule has 0 radical (unpaired) electrons. The smallest absolute Gasteiger partial charge is 0.164 e. The van der Waals surface area contributed by atoms with Gasteiger partial charge in [-0.25, -0.2) is 15.0 Å². The van der Waals surface area contributed by atoms with Crippen LogP contribution in [-0.4, -0.2) is 15.0 Å². The fraction of sp³-hybridized carbons (Fsp3) is 0.107. The second-order valence-corrected chi connectivity index (χ2v) is 8.15. The van der Waals surface area contributed by atoms with E-state index in [-0.39, 0.29) is 0 Å². The molecular formula is C28H23N3S. The van der Waals surface area contributed by atoms with Gasteiger partial charge in [0.1, 0.15) is 0 Å². The van der Waals surface area contributed by atoms with Crippen LogP contribution in [0, 0.1) is 11.7 Å². The summed E-state index contributed by atoms with van der Waals surface area (Å²) in [6, 6.07) is 16.1. The van der Waals surface area contributed by atoms with E-state index >= 15 is 0 Å². The molecule has 0 atom stereocenters. The van der Waals surface area contributed by atoms with Gasteiger partial charge in [-0.2, -0.15) is 0 Å². The maximum atomic E-state index is 5.62. The summed E-state index contributed by atoms with van der Waals surface area (Å²) in [5.74, 6) is 1.95. The summed E-state index contributed by atoms with van der Waals surface area (Å²) in [6.07, 6.45) is 18.0. The first-order valence-corrected chi connectivity index (χ1v) is 11.3. The minimum Gasteiger partial charge on any atom is -0.208 e. The minimum atomic E-state index is 0.621. The van der Waals surface area contributed by atoms with E-state index in [9.17, 15) is 0 Å². The number of nitrogens with zero attached hydrogens (tertiary/aromatic N) is 3. The summed E-state index contributed by atoms with van der Waals surface area (Å²) in [6.45, 7) is 6.14. The Morgan fingerprint density at radius 1 is 1.00 bits per heavy atom. The number of aromatic nitrogens is 3. The molecule has 156 valence electrons. The highest BCUT2D eigenvalue weighted by Gasteiger charge is 2.15. The third-order valence-corrected chi connectivity index (χ3v) is 5.72. The highest BCUT2D eigenvalue weighted by molar-refractivity contribution is 8.04. The van der Waals surface area contributed by atoms with Crippen LogP contribution >= 0.6 is 11.8 Å². The molecule has 0 N–H and O–H groups in total. The van der Waals surface area contributed by atoms with Crippen molar-refractivity contribution >= 4 is 22.9 Å². The zero-order chi connectivity index (χ0) is 22.3. The van der Waals surface area contributed by atoms with Gasteiger partial charge in [0.15, 0.2) is 17.5 Å². The molecule has 1 heterocycles. The largest absolute Gasteiger partial charge is 0.208 e. The van der Waals surface area contributed by atoms with Crippen LogP contribution in [0.2, 0.25) is 0 Å². The molecule has 2 aromatic carbocycles. The van der Waals surface area contributed by atoms with Gasteiger partial charge in [0.2, 0.25) is 0 Å². The predicted octanol–water partition coefficient (Wildman–Crippen LogP) is 7.21. The Hall–Kier alpha value is -3.68. The molecule has 4 rings (SSSR count). The molecule has 0 fully saturated rings. The second kappa shape index (κ2) is 10.1. The molecule has 0 saturated carbocycles. The lowest BCUT2D eigenvalue weighted by Crippen LogP contribution is -2.03. The Bertz CT molecular complexity index is 1280. The van der Waals surface area contributed by atoms with Gasteiger partial charge in [-0.3, -0.25) is 0 Å². The fourth-order valence-electron chi connectivity index (χ4n) is 3.50. The lowest BCUT2D eigenvalue weighted by molar-refractivity contribution is 1.01. The summed E-state index contributed by atoms with van der Waals surface area (Å²) < 4.78 is 0. The van der Waals surface area contributed by atoms with E-state index in [1.54, 1.807) is 0 Å². The number of benzene rings is 2. The van der Waals surface area contributed by atoms with Crippen LogP contribution in [0.15, 0.2) is 90.4 Å². The predicted molar refractivity (Wildman–Crippen MR) is 136 cm³/mol. The highest BCUT2D eigenvalue weighted by Crippen LogP contribution is 2.32. The van der Waals surface area contributed by atoms with Crippen LogP contribution < -0.4 is 0 Å². The number of hydrogen-bond donors (Lipinski definition) is 0. The molecule has 3 nitrogen and oxygen atoms in total. The maximum Gasteiger partial charge on any atom is 0.164 e. The van der Waals surface area contributed by atoms with Crippen molar-refractivity contribution in [1.82, 2.24) is 15.0 Å². The van der Waals surface area contributed by atoms with Gasteiger partial charge >= 0.3 is 0 Å². The fourth-order valence-corrected chi connectivity index (χ4v) is 4.12. The molecule has 0 bridgehead atoms. The first-order valence-electron chi connectivity index (χ1n) is 10.5. The summed E-state index contributed by atoms with van der Waals surface area (Å²) in [5.41, 5.74) is 4.78. The number of hydrogen-bond acceptors (Lipinski definition) is 4. The van der Waals surface area contributed by atoms with Gasteiger partial charge in [-0.05, 0) is 54.0 Å². The van der Waals surface area contributed by atoms with Crippen LogP contribution in [0.25, 0.3) is 33.9 Å². The third kappa shape index (κ3) is 4.80. The Kier molecular flexibility index (Phi) is 6.79. The summed E-state index contributed by atoms with van der Waals surface area (Å²) in [4.78, 5) is 15.4. The topological polar surface area (TPSA) is 38.7 Å². The van der Waals surface area contributed by atoms with Crippen molar-refractivity contribution < 1.29 is 0 Å². The zero-order valence-corrected chi connectivity index (χ0v) is 18.8. The van der Waals surface area contributed by atoms with Crippen LogP contribution in [0.4, 0.5) is 0 Å². The first kappa shape index (κ1) is 21.5. The Morgan fingerprint density at radius 3 is 2.44 bits per heavy atom. The normalized spacial score (nSPS) is 13.1. The highest BCUT2D eigenvalue weighted by atomic mass is 32.2. The molecular weight excluding hydrogens is 410 g/mol. The quantitative estimate of drug-likeness (QED) is 0.234. The standard InChI is InChI=1S/C28H23N3S/c1-4-12-20(3)24-18-17-23(19-25(24)32-5-2)28-30-26(21-13-8-6-9-14-21)29-27(31-28)22-15-10-7-11-16-22/h2,4,6,8-10,12-19H,3,7,11H2,1H3/b12-4-. The van der Waals surface area contributed by atoms with E-state index in [1.165, 1.54) is 11.8 Å². The molecule has 0 saturated heterocycles. The van der Waals surface area contributed by atoms with Gasteiger partial charge in [0, 0.05) is 21.6 Å². The molecule has 1 aliphatic rings. The maximum absolute atomic E-state index is 5.62. The summed E-state index contributed by atoms with van der Waals surface area (Å²) in [7, 11) is 0. The summed E-state index contributed by atoms with van der Waals surface area (Å²) >= 11 is 1.34. The number of thioether (sulfide) groups is 1. The molecule has 32 heavy (non-hydrogen) atoms. The van der Waals surface area contributed by atoms with Crippen molar-refractivity contribution in [3.8, 4) is 34.5 Å². The van der Waals surface area contributed by atoms with Crippen molar-refractivity contribution in [2.45, 2.75) is 24.7 Å². The zero-order valence-electron chi connectivity index (χ0n) is 18.0. The van der Waals surface area contributed by atoms with E-state index in [1.807, 2.05) is 67.6 Å². The van der Waals surface area contributed by atoms with Crippen molar-refractivity contribution in [2.75, 3.05) is 0 Å². The Morgan fingerprint density at radius 2 is 1.75 bits per heavy atom. The molecule has 1 aromatic heterocycles. The van der Waals surface area contributed by atoms with E-state index in [2.05, 4.69) is 30.1 Å². The Labute approximate surface area is 193 Å². The van der Waals surface area contributed by atoms with Gasteiger partial charge in [-0.1, -0.05) is 79.4 Å². The second-order valence-electron chi connectivity index (χ2n) is 7.27. The van der Waals surface area contributed by atoms with Gasteiger partial charge < -0.3 is 0 Å². The minimum absolute atomic E-state index is 0.621. The average molecular weight is 434 g/mol. The molecule has 0 unspecified atom stereocenters. The van der Waals surface area contributed by atoms with E-state index < -0.39 is 0 Å². The van der Waals surface area contributed by atoms with E-state index in [4.69, 9.17) is 21.4 Å². The van der Waals surface area contributed by atoms with Crippen LogP contribution in [0.5, 0.6) is 0 Å². The van der Waals surface area contributed by atoms with Crippen LogP contribution in [0.3, 0.4) is 0 Å². The number of rotatable bonds is 6. The number of terminal acetylenes is 1. The average Bonchev–Trinajstić information content (AvgIpc) is 2.85. The Balaban J connectivity index is 1.86. The van der Waals surface area contributed by atoms with E-state index in [0.29, 0.717) is 17.5 Å². The molecule has 0 spiro atoms. The third-order valence-electron chi connectivity index (χ3n) is 5.04. The molecule has 1 aliphatic carbocycles. The van der Waals surface area contributed by atoms with Crippen molar-refractivity contribution in [3.05, 3.63) is 96.9 Å². The van der Waals surface area contributed by atoms with Gasteiger partial charge in [0.05, 0.1) is 0 Å². The lowest BCUT2D eigenvalue weighted by Gasteiger charge is -2.12. The van der Waals surface area contributed by atoms with Crippen LogP contribution in [0.1, 0.15) is 31.2 Å².